The van der Waals surface area contributed by atoms with Gasteiger partial charge in [0.25, 0.3) is 0 Å². The fraction of sp³-hybridized carbons (Fsp3) is 0.250. The molecule has 1 aromatic carbocycles. The molecule has 2 aromatic heterocycles. The van der Waals surface area contributed by atoms with Gasteiger partial charge in [0, 0.05) is 30.1 Å². The Bertz CT molecular complexity index is 804. The second kappa shape index (κ2) is 8.00. The minimum atomic E-state index is -0.274. The van der Waals surface area contributed by atoms with Crippen LogP contribution in [0.4, 0.5) is 4.39 Å². The maximum absolute atomic E-state index is 12.8. The molecule has 0 N–H and O–H groups in total. The molecule has 0 bridgehead atoms. The number of thioether (sulfide) groups is 1. The molecule has 8 heteroatoms. The summed E-state index contributed by atoms with van der Waals surface area (Å²) in [7, 11) is 1.86. The molecule has 0 amide bonds. The Hall–Kier alpha value is -1.57. The van der Waals surface area contributed by atoms with Crippen LogP contribution in [0.15, 0.2) is 35.8 Å². The highest BCUT2D eigenvalue weighted by Crippen LogP contribution is 2.23. The zero-order chi connectivity index (χ0) is 16.9. The summed E-state index contributed by atoms with van der Waals surface area (Å²) in [5, 5.41) is 7.92. The Kier molecular flexibility index (Phi) is 5.76. The van der Waals surface area contributed by atoms with E-state index in [0.717, 1.165) is 27.9 Å². The van der Waals surface area contributed by atoms with E-state index >= 15 is 0 Å². The van der Waals surface area contributed by atoms with E-state index in [0.29, 0.717) is 17.4 Å². The molecule has 0 atom stereocenters. The molecule has 126 valence electrons. The molecule has 0 saturated heterocycles. The Balaban J connectivity index is 1.46. The fourth-order valence-corrected chi connectivity index (χ4v) is 4.01. The zero-order valence-corrected chi connectivity index (χ0v) is 15.3. The van der Waals surface area contributed by atoms with E-state index in [2.05, 4.69) is 10.1 Å². The summed E-state index contributed by atoms with van der Waals surface area (Å²) in [5.41, 5.74) is 1.90. The molecule has 0 saturated carbocycles. The van der Waals surface area contributed by atoms with Crippen molar-refractivity contribution in [3.63, 3.8) is 0 Å². The number of benzene rings is 1. The van der Waals surface area contributed by atoms with Crippen molar-refractivity contribution >= 4 is 34.7 Å². The molecule has 0 spiro atoms. The lowest BCUT2D eigenvalue weighted by molar-refractivity contribution is 0.305. The van der Waals surface area contributed by atoms with E-state index in [-0.39, 0.29) is 5.82 Å². The number of aromatic nitrogens is 3. The number of thiazole rings is 1. The van der Waals surface area contributed by atoms with Crippen molar-refractivity contribution in [2.24, 2.45) is 7.05 Å². The monoisotopic (exact) mass is 383 g/mol. The molecule has 3 rings (SSSR count). The first kappa shape index (κ1) is 17.3. The van der Waals surface area contributed by atoms with E-state index in [1.807, 2.05) is 12.4 Å². The van der Waals surface area contributed by atoms with Gasteiger partial charge in [-0.2, -0.15) is 5.10 Å². The van der Waals surface area contributed by atoms with Gasteiger partial charge >= 0.3 is 0 Å². The Morgan fingerprint density at radius 2 is 2.08 bits per heavy atom. The molecule has 0 radical (unpaired) electrons. The third kappa shape index (κ3) is 4.72. The third-order valence-electron chi connectivity index (χ3n) is 3.12. The molecule has 4 nitrogen and oxygen atoms in total. The van der Waals surface area contributed by atoms with Crippen molar-refractivity contribution in [1.29, 1.82) is 0 Å². The number of halogens is 2. The fourth-order valence-electron chi connectivity index (χ4n) is 2.01. The Labute approximate surface area is 152 Å². The molecule has 0 aliphatic rings. The van der Waals surface area contributed by atoms with Crippen molar-refractivity contribution in [2.45, 2.75) is 18.1 Å². The number of hydrogen-bond donors (Lipinski definition) is 0. The smallest absolute Gasteiger partial charge is 0.140 e. The van der Waals surface area contributed by atoms with Crippen LogP contribution in [0.2, 0.25) is 5.02 Å². The zero-order valence-electron chi connectivity index (χ0n) is 12.9. The lowest BCUT2D eigenvalue weighted by Crippen LogP contribution is -1.95. The highest BCUT2D eigenvalue weighted by Gasteiger charge is 2.07. The lowest BCUT2D eigenvalue weighted by Gasteiger charge is -2.03. The van der Waals surface area contributed by atoms with Gasteiger partial charge in [-0.3, -0.25) is 4.68 Å². The van der Waals surface area contributed by atoms with Gasteiger partial charge in [0.2, 0.25) is 0 Å². The van der Waals surface area contributed by atoms with Crippen LogP contribution in [-0.4, -0.2) is 14.8 Å². The highest BCUT2D eigenvalue weighted by atomic mass is 35.5. The van der Waals surface area contributed by atoms with E-state index < -0.39 is 0 Å². The molecule has 0 fully saturated rings. The summed E-state index contributed by atoms with van der Waals surface area (Å²) in [5.74, 6) is 1.90. The predicted molar refractivity (Wildman–Crippen MR) is 96.1 cm³/mol. The van der Waals surface area contributed by atoms with Crippen LogP contribution >= 0.6 is 34.7 Å². The van der Waals surface area contributed by atoms with E-state index in [1.54, 1.807) is 46.1 Å². The number of nitrogens with zero attached hydrogens (tertiary/aromatic N) is 3. The third-order valence-corrected chi connectivity index (χ3v) is 5.28. The average Bonchev–Trinajstić information content (AvgIpc) is 3.13. The van der Waals surface area contributed by atoms with E-state index in [1.165, 1.54) is 12.1 Å². The maximum atomic E-state index is 12.8. The van der Waals surface area contributed by atoms with Crippen molar-refractivity contribution in [3.8, 4) is 5.75 Å². The van der Waals surface area contributed by atoms with Gasteiger partial charge in [0.15, 0.2) is 0 Å². The van der Waals surface area contributed by atoms with Gasteiger partial charge in [-0.05, 0) is 24.3 Å². The van der Waals surface area contributed by atoms with Crippen LogP contribution in [0, 0.1) is 5.82 Å². The molecule has 24 heavy (non-hydrogen) atoms. The maximum Gasteiger partial charge on any atom is 0.140 e. The van der Waals surface area contributed by atoms with Crippen molar-refractivity contribution in [1.82, 2.24) is 14.8 Å². The molecular weight excluding hydrogens is 369 g/mol. The van der Waals surface area contributed by atoms with Gasteiger partial charge in [-0.1, -0.05) is 11.6 Å². The largest absolute Gasteiger partial charge is 0.486 e. The molecule has 3 aromatic rings. The summed E-state index contributed by atoms with van der Waals surface area (Å²) >= 11 is 9.36. The first-order chi connectivity index (χ1) is 11.6. The van der Waals surface area contributed by atoms with Gasteiger partial charge < -0.3 is 4.74 Å². The summed E-state index contributed by atoms with van der Waals surface area (Å²) in [6, 6.07) is 5.97. The van der Waals surface area contributed by atoms with E-state index in [4.69, 9.17) is 16.3 Å². The molecule has 0 aliphatic heterocycles. The Morgan fingerprint density at radius 1 is 1.29 bits per heavy atom. The first-order valence-electron chi connectivity index (χ1n) is 7.17. The first-order valence-corrected chi connectivity index (χ1v) is 9.59. The van der Waals surface area contributed by atoms with Gasteiger partial charge in [0.1, 0.15) is 23.2 Å². The van der Waals surface area contributed by atoms with Gasteiger partial charge in [-0.15, -0.1) is 23.1 Å². The average molecular weight is 384 g/mol. The quantitative estimate of drug-likeness (QED) is 0.593. The molecule has 2 heterocycles. The summed E-state index contributed by atoms with van der Waals surface area (Å²) < 4.78 is 20.1. The normalized spacial score (nSPS) is 11.0. The second-order valence-corrected chi connectivity index (χ2v) is 7.40. The predicted octanol–water partition coefficient (Wildman–Crippen LogP) is 4.68. The van der Waals surface area contributed by atoms with Crippen LogP contribution in [0.3, 0.4) is 0 Å². The molecule has 0 unspecified atom stereocenters. The summed E-state index contributed by atoms with van der Waals surface area (Å²) in [4.78, 5) is 4.54. The van der Waals surface area contributed by atoms with Crippen LogP contribution in [0.5, 0.6) is 5.75 Å². The van der Waals surface area contributed by atoms with Crippen LogP contribution in [-0.2, 0) is 25.2 Å². The summed E-state index contributed by atoms with van der Waals surface area (Å²) in [6.45, 7) is 0.382. The summed E-state index contributed by atoms with van der Waals surface area (Å²) in [6.07, 6.45) is 1.80. The Morgan fingerprint density at radius 3 is 2.79 bits per heavy atom. The van der Waals surface area contributed by atoms with Crippen molar-refractivity contribution < 1.29 is 9.13 Å². The van der Waals surface area contributed by atoms with E-state index in [9.17, 15) is 4.39 Å². The lowest BCUT2D eigenvalue weighted by atomic mass is 10.3. The molecule has 0 aliphatic carbocycles. The number of aryl methyl sites for hydroxylation is 1. The van der Waals surface area contributed by atoms with Crippen LogP contribution in [0.25, 0.3) is 0 Å². The minimum Gasteiger partial charge on any atom is -0.486 e. The SMILES string of the molecule is Cn1cc(Cl)c(CSCc2csc(COc3ccc(F)cc3)n2)n1. The number of hydrogen-bond acceptors (Lipinski definition) is 5. The topological polar surface area (TPSA) is 39.9 Å². The van der Waals surface area contributed by atoms with Gasteiger partial charge in [-0.25, -0.2) is 9.37 Å². The highest BCUT2D eigenvalue weighted by molar-refractivity contribution is 7.97. The second-order valence-electron chi connectivity index (χ2n) is 5.07. The van der Waals surface area contributed by atoms with Crippen LogP contribution < -0.4 is 4.74 Å². The minimum absolute atomic E-state index is 0.274. The van der Waals surface area contributed by atoms with Crippen molar-refractivity contribution in [2.75, 3.05) is 0 Å². The van der Waals surface area contributed by atoms with Gasteiger partial charge in [0.05, 0.1) is 16.4 Å². The number of rotatable bonds is 7. The van der Waals surface area contributed by atoms with Crippen LogP contribution in [0.1, 0.15) is 16.4 Å². The molecular formula is C16H15ClFN3OS2. The van der Waals surface area contributed by atoms with Crippen molar-refractivity contribution in [3.05, 3.63) is 63.1 Å². The standard InChI is InChI=1S/C16H15ClFN3OS2/c1-21-6-14(17)15(20-21)10-23-8-12-9-24-16(19-12)7-22-13-4-2-11(18)3-5-13/h2-6,9H,7-8,10H2,1H3. The number of ether oxygens (including phenoxy) is 1.